The quantitative estimate of drug-likeness (QED) is 0.690. The zero-order valence-electron chi connectivity index (χ0n) is 7.92. The summed E-state index contributed by atoms with van der Waals surface area (Å²) in [5.41, 5.74) is 2.42. The summed E-state index contributed by atoms with van der Waals surface area (Å²) in [5, 5.41) is 1.27. The number of fused-ring (bicyclic) bond motifs is 1. The second-order valence-corrected chi connectivity index (χ2v) is 3.35. The van der Waals surface area contributed by atoms with Crippen LogP contribution in [0.15, 0.2) is 34.9 Å². The van der Waals surface area contributed by atoms with Crippen molar-refractivity contribution in [1.82, 2.24) is 0 Å². The number of hydrogen-bond acceptors (Lipinski definition) is 1. The van der Waals surface area contributed by atoms with Gasteiger partial charge in [-0.1, -0.05) is 25.5 Å². The van der Waals surface area contributed by atoms with E-state index in [2.05, 4.69) is 25.1 Å². The molecule has 0 atom stereocenters. The van der Waals surface area contributed by atoms with Crippen molar-refractivity contribution < 1.29 is 4.42 Å². The number of benzene rings is 1. The monoisotopic (exact) mass is 174 g/mol. The number of hydrogen-bond donors (Lipinski definition) is 0. The van der Waals surface area contributed by atoms with Crippen LogP contribution in [0.25, 0.3) is 11.0 Å². The molecular formula is C12H14O. The topological polar surface area (TPSA) is 13.1 Å². The fraction of sp³-hybridized carbons (Fsp3) is 0.333. The maximum Gasteiger partial charge on any atom is 0.134 e. The van der Waals surface area contributed by atoms with Gasteiger partial charge in [0, 0.05) is 5.39 Å². The van der Waals surface area contributed by atoms with Crippen LogP contribution in [0.5, 0.6) is 0 Å². The van der Waals surface area contributed by atoms with E-state index >= 15 is 0 Å². The second-order valence-electron chi connectivity index (χ2n) is 3.35. The normalized spacial score (nSPS) is 10.8. The first-order valence-corrected chi connectivity index (χ1v) is 4.87. The first kappa shape index (κ1) is 8.36. The lowest BCUT2D eigenvalue weighted by atomic mass is 10.0. The van der Waals surface area contributed by atoms with Crippen molar-refractivity contribution in [3.8, 4) is 0 Å². The Balaban J connectivity index is 2.37. The molecule has 2 rings (SSSR count). The van der Waals surface area contributed by atoms with Gasteiger partial charge in [-0.25, -0.2) is 0 Å². The summed E-state index contributed by atoms with van der Waals surface area (Å²) in [5.74, 6) is 0. The predicted octanol–water partition coefficient (Wildman–Crippen LogP) is 3.78. The van der Waals surface area contributed by atoms with Crippen LogP contribution in [-0.2, 0) is 6.42 Å². The Bertz CT molecular complexity index is 387. The van der Waals surface area contributed by atoms with E-state index in [0.717, 1.165) is 12.0 Å². The Morgan fingerprint density at radius 1 is 1.23 bits per heavy atom. The Morgan fingerprint density at radius 3 is 3.00 bits per heavy atom. The van der Waals surface area contributed by atoms with E-state index in [4.69, 9.17) is 4.42 Å². The molecule has 1 heteroatoms. The molecule has 0 amide bonds. The average molecular weight is 174 g/mol. The lowest BCUT2D eigenvalue weighted by Gasteiger charge is -2.00. The third-order valence-electron chi connectivity index (χ3n) is 2.39. The van der Waals surface area contributed by atoms with Gasteiger partial charge >= 0.3 is 0 Å². The highest BCUT2D eigenvalue weighted by Gasteiger charge is 2.01. The van der Waals surface area contributed by atoms with Gasteiger partial charge in [-0.3, -0.25) is 0 Å². The smallest absolute Gasteiger partial charge is 0.134 e. The van der Waals surface area contributed by atoms with Crippen LogP contribution < -0.4 is 0 Å². The van der Waals surface area contributed by atoms with Crippen LogP contribution >= 0.6 is 0 Å². The van der Waals surface area contributed by atoms with Crippen LogP contribution in [0, 0.1) is 0 Å². The van der Waals surface area contributed by atoms with E-state index in [0.29, 0.717) is 0 Å². The van der Waals surface area contributed by atoms with E-state index in [9.17, 15) is 0 Å². The molecule has 0 aliphatic carbocycles. The molecule has 68 valence electrons. The molecule has 0 spiro atoms. The van der Waals surface area contributed by atoms with E-state index in [-0.39, 0.29) is 0 Å². The summed E-state index contributed by atoms with van der Waals surface area (Å²) >= 11 is 0. The van der Waals surface area contributed by atoms with Gasteiger partial charge in [0.25, 0.3) is 0 Å². The van der Waals surface area contributed by atoms with E-state index < -0.39 is 0 Å². The van der Waals surface area contributed by atoms with Crippen molar-refractivity contribution in [2.75, 3.05) is 0 Å². The van der Waals surface area contributed by atoms with Crippen LogP contribution in [0.3, 0.4) is 0 Å². The fourth-order valence-electron chi connectivity index (χ4n) is 1.64. The molecular weight excluding hydrogens is 160 g/mol. The van der Waals surface area contributed by atoms with Gasteiger partial charge in [0.05, 0.1) is 6.26 Å². The average Bonchev–Trinajstić information content (AvgIpc) is 2.62. The zero-order valence-corrected chi connectivity index (χ0v) is 7.92. The first-order chi connectivity index (χ1) is 6.42. The SMILES string of the molecule is CCCCc1cccc2occc12. The van der Waals surface area contributed by atoms with Crippen LogP contribution in [0.2, 0.25) is 0 Å². The van der Waals surface area contributed by atoms with Crippen molar-refractivity contribution in [3.63, 3.8) is 0 Å². The summed E-state index contributed by atoms with van der Waals surface area (Å²) in [6.45, 7) is 2.22. The molecule has 0 saturated carbocycles. The minimum absolute atomic E-state index is 1.01. The summed E-state index contributed by atoms with van der Waals surface area (Å²) < 4.78 is 5.34. The lowest BCUT2D eigenvalue weighted by molar-refractivity contribution is 0.615. The molecule has 13 heavy (non-hydrogen) atoms. The van der Waals surface area contributed by atoms with Gasteiger partial charge < -0.3 is 4.42 Å². The van der Waals surface area contributed by atoms with Gasteiger partial charge in [-0.05, 0) is 30.5 Å². The highest BCUT2D eigenvalue weighted by atomic mass is 16.3. The Kier molecular flexibility index (Phi) is 2.35. The Labute approximate surface area is 78.4 Å². The highest BCUT2D eigenvalue weighted by Crippen LogP contribution is 2.21. The number of furan rings is 1. The molecule has 0 unspecified atom stereocenters. The summed E-state index contributed by atoms with van der Waals surface area (Å²) in [6.07, 6.45) is 5.42. The molecule has 0 bridgehead atoms. The predicted molar refractivity (Wildman–Crippen MR) is 54.8 cm³/mol. The van der Waals surface area contributed by atoms with Gasteiger partial charge in [-0.15, -0.1) is 0 Å². The maximum atomic E-state index is 5.34. The van der Waals surface area contributed by atoms with Crippen molar-refractivity contribution in [2.45, 2.75) is 26.2 Å². The standard InChI is InChI=1S/C12H14O/c1-2-3-5-10-6-4-7-12-11(10)8-9-13-12/h4,6-9H,2-3,5H2,1H3. The van der Waals surface area contributed by atoms with E-state index in [1.54, 1.807) is 6.26 Å². The number of unbranched alkanes of at least 4 members (excludes halogenated alkanes) is 1. The third-order valence-corrected chi connectivity index (χ3v) is 2.39. The summed E-state index contributed by atoms with van der Waals surface area (Å²) in [6, 6.07) is 8.33. The molecule has 1 heterocycles. The molecule has 0 radical (unpaired) electrons. The van der Waals surface area contributed by atoms with E-state index in [1.165, 1.54) is 23.8 Å². The molecule has 2 aromatic rings. The molecule has 0 aliphatic heterocycles. The van der Waals surface area contributed by atoms with Gasteiger partial charge in [-0.2, -0.15) is 0 Å². The van der Waals surface area contributed by atoms with Crippen molar-refractivity contribution in [3.05, 3.63) is 36.1 Å². The van der Waals surface area contributed by atoms with Gasteiger partial charge in [0.1, 0.15) is 5.58 Å². The summed E-state index contributed by atoms with van der Waals surface area (Å²) in [7, 11) is 0. The fourth-order valence-corrected chi connectivity index (χ4v) is 1.64. The first-order valence-electron chi connectivity index (χ1n) is 4.87. The molecule has 1 nitrogen and oxygen atoms in total. The van der Waals surface area contributed by atoms with Crippen LogP contribution in [0.4, 0.5) is 0 Å². The van der Waals surface area contributed by atoms with Crippen LogP contribution in [0.1, 0.15) is 25.3 Å². The van der Waals surface area contributed by atoms with Crippen molar-refractivity contribution in [1.29, 1.82) is 0 Å². The molecule has 0 aliphatic rings. The van der Waals surface area contributed by atoms with Gasteiger partial charge in [0.2, 0.25) is 0 Å². The molecule has 0 saturated heterocycles. The third kappa shape index (κ3) is 1.59. The Hall–Kier alpha value is -1.24. The second kappa shape index (κ2) is 3.65. The molecule has 0 N–H and O–H groups in total. The maximum absolute atomic E-state index is 5.34. The van der Waals surface area contributed by atoms with Crippen LogP contribution in [-0.4, -0.2) is 0 Å². The van der Waals surface area contributed by atoms with E-state index in [1.807, 2.05) is 6.07 Å². The summed E-state index contributed by atoms with van der Waals surface area (Å²) in [4.78, 5) is 0. The highest BCUT2D eigenvalue weighted by molar-refractivity contribution is 5.80. The minimum Gasteiger partial charge on any atom is -0.464 e. The number of rotatable bonds is 3. The molecule has 1 aromatic carbocycles. The molecule has 0 fully saturated rings. The van der Waals surface area contributed by atoms with Crippen molar-refractivity contribution in [2.24, 2.45) is 0 Å². The number of aryl methyl sites for hydroxylation is 1. The van der Waals surface area contributed by atoms with Crippen molar-refractivity contribution >= 4 is 11.0 Å². The zero-order chi connectivity index (χ0) is 9.10. The minimum atomic E-state index is 1.01. The Morgan fingerprint density at radius 2 is 2.15 bits per heavy atom. The largest absolute Gasteiger partial charge is 0.464 e. The lowest BCUT2D eigenvalue weighted by Crippen LogP contribution is -1.84. The van der Waals surface area contributed by atoms with Gasteiger partial charge in [0.15, 0.2) is 0 Å². The molecule has 1 aromatic heterocycles.